The molecule has 0 amide bonds. The maximum Gasteiger partial charge on any atom is 0.191 e. The summed E-state index contributed by atoms with van der Waals surface area (Å²) in [6.45, 7) is 5.81. The minimum absolute atomic E-state index is 0.0430. The fourth-order valence-corrected chi connectivity index (χ4v) is 3.07. The highest BCUT2D eigenvalue weighted by atomic mass is 19.1. The third kappa shape index (κ3) is 6.63. The number of aliphatic imine (C=N–C) groups is 1. The van der Waals surface area contributed by atoms with E-state index in [0.29, 0.717) is 13.2 Å². The van der Waals surface area contributed by atoms with Gasteiger partial charge in [0.05, 0.1) is 13.2 Å². The van der Waals surface area contributed by atoms with E-state index in [2.05, 4.69) is 15.6 Å². The molecule has 0 bridgehead atoms. The largest absolute Gasteiger partial charge is 0.396 e. The summed E-state index contributed by atoms with van der Waals surface area (Å²) >= 11 is 0. The smallest absolute Gasteiger partial charge is 0.191 e. The van der Waals surface area contributed by atoms with Gasteiger partial charge in [-0.2, -0.15) is 0 Å². The number of aliphatic hydroxyl groups excluding tert-OH is 1. The molecule has 1 fully saturated rings. The number of ether oxygens (including phenoxy) is 1. The van der Waals surface area contributed by atoms with E-state index in [1.165, 1.54) is 6.07 Å². The molecule has 0 spiro atoms. The Labute approximate surface area is 149 Å². The Kier molecular flexibility index (Phi) is 8.15. The molecule has 1 atom stereocenters. The van der Waals surface area contributed by atoms with Crippen LogP contribution in [0.4, 0.5) is 4.39 Å². The molecule has 140 valence electrons. The molecular weight excluding hydrogens is 321 g/mol. The zero-order valence-corrected chi connectivity index (χ0v) is 15.1. The van der Waals surface area contributed by atoms with Crippen molar-refractivity contribution in [3.63, 3.8) is 0 Å². The van der Waals surface area contributed by atoms with Crippen LogP contribution in [0.2, 0.25) is 0 Å². The number of halogens is 1. The van der Waals surface area contributed by atoms with Crippen molar-refractivity contribution in [1.82, 2.24) is 10.6 Å². The van der Waals surface area contributed by atoms with Crippen LogP contribution in [0, 0.1) is 11.2 Å². The minimum atomic E-state index is -0.187. The molecule has 6 heteroatoms. The van der Waals surface area contributed by atoms with Crippen molar-refractivity contribution in [3.8, 4) is 0 Å². The lowest BCUT2D eigenvalue weighted by atomic mass is 9.84. The Morgan fingerprint density at radius 2 is 2.28 bits per heavy atom. The lowest BCUT2D eigenvalue weighted by Gasteiger charge is -2.24. The Bertz CT molecular complexity index is 545. The second kappa shape index (κ2) is 10.4. The van der Waals surface area contributed by atoms with Crippen LogP contribution in [-0.4, -0.2) is 50.5 Å². The molecule has 1 unspecified atom stereocenters. The van der Waals surface area contributed by atoms with Crippen LogP contribution in [0.1, 0.15) is 31.7 Å². The van der Waals surface area contributed by atoms with E-state index in [-0.39, 0.29) is 17.8 Å². The van der Waals surface area contributed by atoms with Crippen molar-refractivity contribution in [2.24, 2.45) is 10.4 Å². The first-order valence-corrected chi connectivity index (χ1v) is 9.13. The number of hydrogen-bond acceptors (Lipinski definition) is 3. The molecule has 1 aliphatic rings. The molecule has 3 N–H and O–H groups in total. The summed E-state index contributed by atoms with van der Waals surface area (Å²) in [5.74, 6) is 0.597. The average molecular weight is 351 g/mol. The van der Waals surface area contributed by atoms with Gasteiger partial charge in [-0.3, -0.25) is 4.99 Å². The van der Waals surface area contributed by atoms with Gasteiger partial charge in [0.1, 0.15) is 5.82 Å². The average Bonchev–Trinajstić information content (AvgIpc) is 3.06. The van der Waals surface area contributed by atoms with Crippen molar-refractivity contribution < 1.29 is 14.2 Å². The van der Waals surface area contributed by atoms with Crippen LogP contribution in [-0.2, 0) is 11.2 Å². The molecule has 1 saturated heterocycles. The van der Waals surface area contributed by atoms with Gasteiger partial charge in [-0.15, -0.1) is 0 Å². The van der Waals surface area contributed by atoms with Gasteiger partial charge >= 0.3 is 0 Å². The van der Waals surface area contributed by atoms with Crippen LogP contribution in [0.3, 0.4) is 0 Å². The van der Waals surface area contributed by atoms with Gasteiger partial charge in [0.25, 0.3) is 0 Å². The molecular formula is C19H30FN3O2. The van der Waals surface area contributed by atoms with Crippen LogP contribution in [0.5, 0.6) is 0 Å². The van der Waals surface area contributed by atoms with Crippen molar-refractivity contribution in [2.75, 3.05) is 39.5 Å². The Balaban J connectivity index is 1.80. The SMILES string of the molecule is CCNC(=NCC1(CCO)CCOC1)NCCCc1cccc(F)c1. The van der Waals surface area contributed by atoms with Gasteiger partial charge in [-0.1, -0.05) is 12.1 Å². The number of aliphatic hydroxyl groups is 1. The zero-order valence-electron chi connectivity index (χ0n) is 15.1. The fraction of sp³-hybridized carbons (Fsp3) is 0.632. The first kappa shape index (κ1) is 19.7. The molecule has 1 heterocycles. The molecule has 0 aromatic heterocycles. The topological polar surface area (TPSA) is 65.9 Å². The van der Waals surface area contributed by atoms with Gasteiger partial charge in [-0.05, 0) is 50.3 Å². The second-order valence-electron chi connectivity index (χ2n) is 6.63. The van der Waals surface area contributed by atoms with Gasteiger partial charge in [0.2, 0.25) is 0 Å². The van der Waals surface area contributed by atoms with Crippen molar-refractivity contribution in [1.29, 1.82) is 0 Å². The van der Waals surface area contributed by atoms with E-state index >= 15 is 0 Å². The van der Waals surface area contributed by atoms with E-state index in [0.717, 1.165) is 56.9 Å². The molecule has 1 aliphatic heterocycles. The summed E-state index contributed by atoms with van der Waals surface area (Å²) in [5, 5.41) is 15.9. The first-order chi connectivity index (χ1) is 12.2. The van der Waals surface area contributed by atoms with Crippen molar-refractivity contribution in [2.45, 2.75) is 32.6 Å². The molecule has 1 aromatic carbocycles. The van der Waals surface area contributed by atoms with Crippen molar-refractivity contribution >= 4 is 5.96 Å². The maximum atomic E-state index is 13.2. The number of aryl methyl sites for hydroxylation is 1. The third-order valence-electron chi connectivity index (χ3n) is 4.57. The van der Waals surface area contributed by atoms with Crippen LogP contribution in [0.15, 0.2) is 29.3 Å². The Morgan fingerprint density at radius 3 is 2.96 bits per heavy atom. The molecule has 25 heavy (non-hydrogen) atoms. The Morgan fingerprint density at radius 1 is 1.40 bits per heavy atom. The van der Waals surface area contributed by atoms with Gasteiger partial charge in [0.15, 0.2) is 5.96 Å². The molecule has 0 aliphatic carbocycles. The highest BCUT2D eigenvalue weighted by Crippen LogP contribution is 2.32. The van der Waals surface area contributed by atoms with E-state index in [9.17, 15) is 9.50 Å². The molecule has 2 rings (SSSR count). The number of nitrogens with zero attached hydrogens (tertiary/aromatic N) is 1. The predicted molar refractivity (Wildman–Crippen MR) is 98.3 cm³/mol. The summed E-state index contributed by atoms with van der Waals surface area (Å²) in [4.78, 5) is 4.69. The Hall–Kier alpha value is -1.66. The molecule has 0 saturated carbocycles. The first-order valence-electron chi connectivity index (χ1n) is 9.13. The molecule has 0 radical (unpaired) electrons. The van der Waals surface area contributed by atoms with Crippen LogP contribution >= 0.6 is 0 Å². The third-order valence-corrected chi connectivity index (χ3v) is 4.57. The highest BCUT2D eigenvalue weighted by Gasteiger charge is 2.34. The monoisotopic (exact) mass is 351 g/mol. The lowest BCUT2D eigenvalue weighted by molar-refractivity contribution is 0.131. The van der Waals surface area contributed by atoms with Gasteiger partial charge in [-0.25, -0.2) is 4.39 Å². The van der Waals surface area contributed by atoms with Gasteiger partial charge < -0.3 is 20.5 Å². The summed E-state index contributed by atoms with van der Waals surface area (Å²) in [7, 11) is 0. The van der Waals surface area contributed by atoms with Crippen LogP contribution < -0.4 is 10.6 Å². The minimum Gasteiger partial charge on any atom is -0.396 e. The van der Waals surface area contributed by atoms with E-state index in [4.69, 9.17) is 4.74 Å². The lowest BCUT2D eigenvalue weighted by Crippen LogP contribution is -2.39. The summed E-state index contributed by atoms with van der Waals surface area (Å²) in [6.07, 6.45) is 3.39. The quantitative estimate of drug-likeness (QED) is 0.362. The van der Waals surface area contributed by atoms with Crippen LogP contribution in [0.25, 0.3) is 0 Å². The second-order valence-corrected chi connectivity index (χ2v) is 6.63. The fourth-order valence-electron chi connectivity index (χ4n) is 3.07. The zero-order chi connectivity index (χ0) is 18.0. The molecule has 1 aromatic rings. The maximum absolute atomic E-state index is 13.2. The van der Waals surface area contributed by atoms with Crippen molar-refractivity contribution in [3.05, 3.63) is 35.6 Å². The van der Waals surface area contributed by atoms with E-state index < -0.39 is 0 Å². The predicted octanol–water partition coefficient (Wildman–Crippen LogP) is 2.10. The van der Waals surface area contributed by atoms with E-state index in [1.54, 1.807) is 12.1 Å². The summed E-state index contributed by atoms with van der Waals surface area (Å²) in [5.41, 5.74) is 0.965. The normalized spacial score (nSPS) is 20.7. The molecule has 5 nitrogen and oxygen atoms in total. The number of hydrogen-bond donors (Lipinski definition) is 3. The van der Waals surface area contributed by atoms with E-state index in [1.807, 2.05) is 13.0 Å². The number of nitrogens with one attached hydrogen (secondary N) is 2. The number of guanidine groups is 1. The summed E-state index contributed by atoms with van der Waals surface area (Å²) < 4.78 is 18.7. The van der Waals surface area contributed by atoms with Gasteiger partial charge in [0, 0.05) is 31.7 Å². The standard InChI is InChI=1S/C19H30FN3O2/c1-2-21-18(23-14-19(8-11-24)9-12-25-15-19)22-10-4-6-16-5-3-7-17(20)13-16/h3,5,7,13,24H,2,4,6,8-12,14-15H2,1H3,(H2,21,22,23). The summed E-state index contributed by atoms with van der Waals surface area (Å²) in [6, 6.07) is 6.74. The number of rotatable bonds is 9. The number of benzene rings is 1. The highest BCUT2D eigenvalue weighted by molar-refractivity contribution is 5.79.